The molecule has 3 rings (SSSR count). The molecule has 3 nitrogen and oxygen atoms in total. The molecule has 0 spiro atoms. The van der Waals surface area contributed by atoms with Gasteiger partial charge in [0, 0.05) is 14.3 Å². The molecule has 5 heteroatoms. The van der Waals surface area contributed by atoms with Gasteiger partial charge in [0.2, 0.25) is 0 Å². The van der Waals surface area contributed by atoms with Crippen LogP contribution < -0.4 is 4.74 Å². The van der Waals surface area contributed by atoms with Gasteiger partial charge in [0.05, 0.1) is 11.6 Å². The van der Waals surface area contributed by atoms with Gasteiger partial charge in [-0.2, -0.15) is 5.26 Å². The molecule has 0 aliphatic rings. The second kappa shape index (κ2) is 10.4. The Morgan fingerprint density at radius 2 is 1.64 bits per heavy atom. The van der Waals surface area contributed by atoms with Crippen molar-refractivity contribution in [3.8, 4) is 11.8 Å². The maximum atomic E-state index is 12.4. The van der Waals surface area contributed by atoms with E-state index >= 15 is 0 Å². The summed E-state index contributed by atoms with van der Waals surface area (Å²) in [6.07, 6.45) is 10.4. The Balaban J connectivity index is 1.50. The summed E-state index contributed by atoms with van der Waals surface area (Å²) in [5.41, 5.74) is 0.546. The molecule has 0 saturated heterocycles. The first-order valence-corrected chi connectivity index (χ1v) is 11.6. The number of aryl methyl sites for hydroxylation is 1. The number of carbonyl (C=O) groups is 1. The Morgan fingerprint density at radius 3 is 2.32 bits per heavy atom. The predicted octanol–water partition coefficient (Wildman–Crippen LogP) is 7.35. The Morgan fingerprint density at radius 1 is 0.964 bits per heavy atom. The van der Waals surface area contributed by atoms with Gasteiger partial charge in [-0.3, -0.25) is 0 Å². The van der Waals surface area contributed by atoms with Crippen LogP contribution in [0.15, 0.2) is 36.4 Å². The number of fused-ring (bicyclic) bond motifs is 1. The van der Waals surface area contributed by atoms with E-state index in [0.29, 0.717) is 16.2 Å². The van der Waals surface area contributed by atoms with Crippen molar-refractivity contribution in [2.45, 2.75) is 58.3 Å². The molecule has 0 amide bonds. The molecule has 0 radical (unpaired) electrons. The van der Waals surface area contributed by atoms with Crippen molar-refractivity contribution in [2.24, 2.45) is 0 Å². The molecule has 3 aromatic rings. The molecule has 0 aliphatic carbocycles. The maximum Gasteiger partial charge on any atom is 0.353 e. The molecule has 1 aromatic carbocycles. The van der Waals surface area contributed by atoms with Gasteiger partial charge < -0.3 is 4.74 Å². The molecule has 0 N–H and O–H groups in total. The van der Waals surface area contributed by atoms with Crippen molar-refractivity contribution in [3.63, 3.8) is 0 Å². The highest BCUT2D eigenvalue weighted by Gasteiger charge is 2.15. The quantitative estimate of drug-likeness (QED) is 0.199. The molecule has 0 fully saturated rings. The molecule has 0 aliphatic heterocycles. The minimum absolute atomic E-state index is 0.341. The van der Waals surface area contributed by atoms with Crippen molar-refractivity contribution in [1.29, 1.82) is 5.26 Å². The lowest BCUT2D eigenvalue weighted by atomic mass is 10.1. The second-order valence-corrected chi connectivity index (χ2v) is 9.20. The van der Waals surface area contributed by atoms with Gasteiger partial charge in [-0.1, -0.05) is 45.4 Å². The average Bonchev–Trinajstić information content (AvgIpc) is 3.27. The first-order valence-electron chi connectivity index (χ1n) is 9.94. The Bertz CT molecular complexity index is 916. The van der Waals surface area contributed by atoms with Crippen LogP contribution in [0.5, 0.6) is 5.75 Å². The summed E-state index contributed by atoms with van der Waals surface area (Å²) in [6, 6.07) is 12.8. The Kier molecular flexibility index (Phi) is 7.64. The van der Waals surface area contributed by atoms with E-state index in [1.165, 1.54) is 61.2 Å². The Labute approximate surface area is 174 Å². The van der Waals surface area contributed by atoms with Gasteiger partial charge in [0.15, 0.2) is 0 Å². The zero-order valence-electron chi connectivity index (χ0n) is 16.2. The van der Waals surface area contributed by atoms with E-state index in [0.717, 1.165) is 15.8 Å². The number of hydrogen-bond acceptors (Lipinski definition) is 5. The second-order valence-electron chi connectivity index (χ2n) is 6.95. The van der Waals surface area contributed by atoms with E-state index < -0.39 is 0 Å². The molecule has 2 aromatic heterocycles. The first-order chi connectivity index (χ1) is 13.7. The number of unbranched alkanes of at least 4 members (excludes halogenated alkanes) is 6. The van der Waals surface area contributed by atoms with Crippen LogP contribution in [0.2, 0.25) is 0 Å². The van der Waals surface area contributed by atoms with Crippen LogP contribution >= 0.6 is 22.7 Å². The summed E-state index contributed by atoms with van der Waals surface area (Å²) >= 11 is 3.27. The lowest BCUT2D eigenvalue weighted by molar-refractivity contribution is 0.0740. The molecule has 146 valence electrons. The lowest BCUT2D eigenvalue weighted by Crippen LogP contribution is -2.06. The van der Waals surface area contributed by atoms with Gasteiger partial charge >= 0.3 is 5.97 Å². The van der Waals surface area contributed by atoms with Crippen LogP contribution in [-0.2, 0) is 6.42 Å². The van der Waals surface area contributed by atoms with Gasteiger partial charge in [0.1, 0.15) is 10.6 Å². The predicted molar refractivity (Wildman–Crippen MR) is 118 cm³/mol. The number of thiophene rings is 2. The third-order valence-corrected chi connectivity index (χ3v) is 7.01. The summed E-state index contributed by atoms with van der Waals surface area (Å²) in [5, 5.41) is 8.82. The molecular formula is C23H25NO2S2. The van der Waals surface area contributed by atoms with Crippen molar-refractivity contribution in [1.82, 2.24) is 0 Å². The van der Waals surface area contributed by atoms with Gasteiger partial charge in [-0.25, -0.2) is 4.79 Å². The summed E-state index contributed by atoms with van der Waals surface area (Å²) in [5.74, 6) is 0.118. The average molecular weight is 412 g/mol. The van der Waals surface area contributed by atoms with Crippen molar-refractivity contribution in [3.05, 3.63) is 51.7 Å². The number of benzene rings is 1. The SMILES string of the molecule is CCCCCCCCCc1cc2sc(C(=O)Oc3ccc(C#N)cc3)cc2s1. The van der Waals surface area contributed by atoms with E-state index in [1.807, 2.05) is 6.07 Å². The number of carbonyl (C=O) groups excluding carboxylic acids is 1. The monoisotopic (exact) mass is 411 g/mol. The van der Waals surface area contributed by atoms with Crippen molar-refractivity contribution < 1.29 is 9.53 Å². The van der Waals surface area contributed by atoms with Crippen molar-refractivity contribution >= 4 is 38.0 Å². The van der Waals surface area contributed by atoms with E-state index in [4.69, 9.17) is 10.00 Å². The van der Waals surface area contributed by atoms with E-state index in [1.54, 1.807) is 35.6 Å². The highest BCUT2D eigenvalue weighted by molar-refractivity contribution is 7.28. The fourth-order valence-corrected chi connectivity index (χ4v) is 5.46. The summed E-state index contributed by atoms with van der Waals surface area (Å²) in [4.78, 5) is 14.4. The van der Waals surface area contributed by atoms with E-state index in [-0.39, 0.29) is 5.97 Å². The van der Waals surface area contributed by atoms with Crippen LogP contribution in [0.4, 0.5) is 0 Å². The molecule has 28 heavy (non-hydrogen) atoms. The molecule has 2 heterocycles. The van der Waals surface area contributed by atoms with E-state index in [9.17, 15) is 4.79 Å². The first kappa shape index (κ1) is 20.6. The Hall–Kier alpha value is -2.16. The third-order valence-electron chi connectivity index (χ3n) is 4.68. The zero-order valence-corrected chi connectivity index (χ0v) is 17.8. The fourth-order valence-electron chi connectivity index (χ4n) is 3.12. The molecule has 0 bridgehead atoms. The number of nitriles is 1. The fraction of sp³-hybridized carbons (Fsp3) is 0.391. The van der Waals surface area contributed by atoms with Crippen LogP contribution in [0, 0.1) is 11.3 Å². The van der Waals surface area contributed by atoms with Crippen LogP contribution in [-0.4, -0.2) is 5.97 Å². The standard InChI is InChI=1S/C23H25NO2S2/c1-2-3-4-5-6-7-8-9-19-14-20-21(27-19)15-22(28-20)23(25)26-18-12-10-17(16-24)11-13-18/h10-15H,2-9H2,1H3. The zero-order chi connectivity index (χ0) is 19.8. The third kappa shape index (κ3) is 5.67. The number of esters is 1. The minimum atomic E-state index is -0.341. The largest absolute Gasteiger partial charge is 0.422 e. The van der Waals surface area contributed by atoms with Gasteiger partial charge in [-0.05, 0) is 49.2 Å². The molecule has 0 atom stereocenters. The number of ether oxygens (including phenoxy) is 1. The van der Waals surface area contributed by atoms with Crippen LogP contribution in [0.3, 0.4) is 0 Å². The number of nitrogens with zero attached hydrogens (tertiary/aromatic N) is 1. The highest BCUT2D eigenvalue weighted by Crippen LogP contribution is 2.34. The molecular weight excluding hydrogens is 386 g/mol. The van der Waals surface area contributed by atoms with Crippen molar-refractivity contribution in [2.75, 3.05) is 0 Å². The summed E-state index contributed by atoms with van der Waals surface area (Å²) in [6.45, 7) is 2.25. The topological polar surface area (TPSA) is 50.1 Å². The molecule has 0 unspecified atom stereocenters. The summed E-state index contributed by atoms with van der Waals surface area (Å²) < 4.78 is 7.74. The summed E-state index contributed by atoms with van der Waals surface area (Å²) in [7, 11) is 0. The van der Waals surface area contributed by atoms with E-state index in [2.05, 4.69) is 19.1 Å². The lowest BCUT2D eigenvalue weighted by Gasteiger charge is -2.02. The smallest absolute Gasteiger partial charge is 0.353 e. The number of rotatable bonds is 10. The van der Waals surface area contributed by atoms with Crippen LogP contribution in [0.25, 0.3) is 9.40 Å². The maximum absolute atomic E-state index is 12.4. The number of hydrogen-bond donors (Lipinski definition) is 0. The van der Waals surface area contributed by atoms with Gasteiger partial charge in [0.25, 0.3) is 0 Å². The highest BCUT2D eigenvalue weighted by atomic mass is 32.1. The minimum Gasteiger partial charge on any atom is -0.422 e. The normalized spacial score (nSPS) is 10.9. The van der Waals surface area contributed by atoms with Gasteiger partial charge in [-0.15, -0.1) is 22.7 Å². The van der Waals surface area contributed by atoms with Crippen LogP contribution in [0.1, 0.15) is 72.0 Å². The molecule has 0 saturated carbocycles.